The number of pyridine rings is 1. The number of halogens is 3. The second-order valence-corrected chi connectivity index (χ2v) is 8.83. The van der Waals surface area contributed by atoms with Crippen molar-refractivity contribution in [1.29, 1.82) is 0 Å². The number of amides is 2. The van der Waals surface area contributed by atoms with E-state index < -0.39 is 30.3 Å². The van der Waals surface area contributed by atoms with Crippen molar-refractivity contribution in [3.05, 3.63) is 42.4 Å². The van der Waals surface area contributed by atoms with Gasteiger partial charge in [0.15, 0.2) is 23.3 Å². The highest BCUT2D eigenvalue weighted by Gasteiger charge is 2.42. The van der Waals surface area contributed by atoms with Gasteiger partial charge in [-0.05, 0) is 18.6 Å². The molecule has 0 spiro atoms. The number of carbonyl (C=O) groups excluding carboxylic acids is 2. The van der Waals surface area contributed by atoms with Gasteiger partial charge in [-0.3, -0.25) is 15.0 Å². The van der Waals surface area contributed by atoms with E-state index in [4.69, 9.17) is 4.42 Å². The molecule has 2 aliphatic rings. The molecule has 1 fully saturated rings. The Kier molecular flexibility index (Phi) is 5.85. The lowest BCUT2D eigenvalue weighted by Crippen LogP contribution is -2.48. The molecule has 188 valence electrons. The average Bonchev–Trinajstić information content (AvgIpc) is 3.45. The Morgan fingerprint density at radius 2 is 2.06 bits per heavy atom. The van der Waals surface area contributed by atoms with Crippen molar-refractivity contribution >= 4 is 29.1 Å². The van der Waals surface area contributed by atoms with Crippen LogP contribution < -0.4 is 15.1 Å². The van der Waals surface area contributed by atoms with Gasteiger partial charge in [0.25, 0.3) is 0 Å². The number of hydrogen-bond acceptors (Lipinski definition) is 8. The maximum atomic E-state index is 13.4. The molecule has 2 amide bonds. The van der Waals surface area contributed by atoms with Crippen LogP contribution in [0.3, 0.4) is 0 Å². The summed E-state index contributed by atoms with van der Waals surface area (Å²) in [6.45, 7) is 3.86. The van der Waals surface area contributed by atoms with E-state index in [-0.39, 0.29) is 23.5 Å². The monoisotopic (exact) mass is 501 g/mol. The molecule has 0 aromatic carbocycles. The van der Waals surface area contributed by atoms with Crippen LogP contribution >= 0.6 is 0 Å². The summed E-state index contributed by atoms with van der Waals surface area (Å²) in [6, 6.07) is 2.59. The molecule has 2 atom stereocenters. The number of anilines is 3. The van der Waals surface area contributed by atoms with Gasteiger partial charge in [-0.1, -0.05) is 6.92 Å². The van der Waals surface area contributed by atoms with Gasteiger partial charge < -0.3 is 9.32 Å². The summed E-state index contributed by atoms with van der Waals surface area (Å²) in [5, 5.41) is 2.75. The molecule has 0 radical (unpaired) electrons. The lowest BCUT2D eigenvalue weighted by Gasteiger charge is -2.35. The first kappa shape index (κ1) is 23.7. The summed E-state index contributed by atoms with van der Waals surface area (Å²) in [6.07, 6.45) is -0.153. The van der Waals surface area contributed by atoms with E-state index in [0.29, 0.717) is 42.4 Å². The van der Waals surface area contributed by atoms with Crippen LogP contribution in [0.1, 0.15) is 36.3 Å². The lowest BCUT2D eigenvalue weighted by molar-refractivity contribution is -0.168. The molecule has 3 aromatic rings. The van der Waals surface area contributed by atoms with Crippen LogP contribution in [0.5, 0.6) is 0 Å². The lowest BCUT2D eigenvalue weighted by atomic mass is 10.0. The molecule has 2 aliphatic heterocycles. The van der Waals surface area contributed by atoms with Crippen LogP contribution in [0.4, 0.5) is 35.3 Å². The minimum atomic E-state index is -4.51. The summed E-state index contributed by atoms with van der Waals surface area (Å²) in [5.74, 6) is -1.57. The molecule has 36 heavy (non-hydrogen) atoms. The summed E-state index contributed by atoms with van der Waals surface area (Å²) < 4.78 is 44.4. The van der Waals surface area contributed by atoms with E-state index in [1.807, 2.05) is 4.90 Å². The fourth-order valence-corrected chi connectivity index (χ4v) is 4.31. The minimum absolute atomic E-state index is 0.182. The van der Waals surface area contributed by atoms with E-state index in [2.05, 4.69) is 25.3 Å². The van der Waals surface area contributed by atoms with Crippen molar-refractivity contribution in [3.8, 4) is 11.3 Å². The number of carbonyl (C=O) groups is 2. The number of aryl methyl sites for hydroxylation is 1. The number of ketones is 1. The van der Waals surface area contributed by atoms with Crippen LogP contribution in [0.2, 0.25) is 0 Å². The number of nitrogens with zero attached hydrogens (tertiary/aromatic N) is 6. The predicted molar refractivity (Wildman–Crippen MR) is 123 cm³/mol. The molecule has 1 saturated heterocycles. The normalized spacial score (nSPS) is 17.6. The number of aromatic nitrogens is 4. The number of Topliss-reactive ketones (excluding diaryl/α,β-unsaturated/α-hetero) is 1. The van der Waals surface area contributed by atoms with E-state index in [1.54, 1.807) is 25.3 Å². The number of alkyl halides is 3. The molecule has 0 saturated carbocycles. The number of oxazole rings is 1. The van der Waals surface area contributed by atoms with Crippen molar-refractivity contribution in [1.82, 2.24) is 19.9 Å². The van der Waals surface area contributed by atoms with Gasteiger partial charge in [0.2, 0.25) is 5.78 Å². The third-order valence-electron chi connectivity index (χ3n) is 6.27. The SMILES string of the molecule is Cc1ncc(-c2ccnc(NC(=O)N3c4nc(C(=O)C[C@H](C)C(F)(F)F)ncc4N4CC[C@H]3C4)c2)o1. The third-order valence-corrected chi connectivity index (χ3v) is 6.27. The fourth-order valence-electron chi connectivity index (χ4n) is 4.31. The van der Waals surface area contributed by atoms with Crippen molar-refractivity contribution < 1.29 is 27.2 Å². The number of nitrogens with one attached hydrogen (secondary N) is 1. The zero-order chi connectivity index (χ0) is 25.6. The van der Waals surface area contributed by atoms with E-state index in [9.17, 15) is 22.8 Å². The standard InChI is InChI=1S/C23H22F3N7O3/c1-12(23(24,25)26)7-17(34)20-29-9-16-21(31-20)33(15-4-6-32(16)11-15)22(35)30-19-8-14(3-5-27-19)18-10-28-13(2)36-18/h3,5,8-10,12,15H,4,6-7,11H2,1-2H3,(H,27,30,35)/t12-,15-/m0/s1. The Morgan fingerprint density at radius 1 is 1.25 bits per heavy atom. The molecule has 3 aromatic heterocycles. The second kappa shape index (κ2) is 8.88. The molecule has 0 aliphatic carbocycles. The minimum Gasteiger partial charge on any atom is -0.441 e. The van der Waals surface area contributed by atoms with Gasteiger partial charge in [-0.2, -0.15) is 13.2 Å². The number of urea groups is 1. The van der Waals surface area contributed by atoms with Crippen molar-refractivity contribution in [2.75, 3.05) is 28.2 Å². The summed E-state index contributed by atoms with van der Waals surface area (Å²) in [4.78, 5) is 45.9. The number of hydrogen-bond donors (Lipinski definition) is 1. The van der Waals surface area contributed by atoms with E-state index >= 15 is 0 Å². The first-order valence-electron chi connectivity index (χ1n) is 11.3. The Hall–Kier alpha value is -4.03. The summed E-state index contributed by atoms with van der Waals surface area (Å²) >= 11 is 0. The first-order chi connectivity index (χ1) is 17.1. The molecule has 10 nitrogen and oxygen atoms in total. The largest absolute Gasteiger partial charge is 0.441 e. The smallest absolute Gasteiger partial charge is 0.391 e. The zero-order valence-electron chi connectivity index (χ0n) is 19.4. The Bertz CT molecular complexity index is 1330. The van der Waals surface area contributed by atoms with Gasteiger partial charge in [-0.25, -0.2) is 24.7 Å². The van der Waals surface area contributed by atoms with Crippen LogP contribution in [-0.4, -0.2) is 57.1 Å². The maximum absolute atomic E-state index is 13.4. The molecule has 13 heteroatoms. The van der Waals surface area contributed by atoms with Gasteiger partial charge in [0.05, 0.1) is 30.0 Å². The highest BCUT2D eigenvalue weighted by atomic mass is 19.4. The Balaban J connectivity index is 1.41. The van der Waals surface area contributed by atoms with Crippen molar-refractivity contribution in [3.63, 3.8) is 0 Å². The molecule has 5 rings (SSSR count). The maximum Gasteiger partial charge on any atom is 0.391 e. The summed E-state index contributed by atoms with van der Waals surface area (Å²) in [7, 11) is 0. The molecule has 5 heterocycles. The first-order valence-corrected chi connectivity index (χ1v) is 11.3. The van der Waals surface area contributed by atoms with Crippen LogP contribution in [-0.2, 0) is 0 Å². The number of fused-ring (bicyclic) bond motifs is 4. The van der Waals surface area contributed by atoms with Crippen LogP contribution in [0, 0.1) is 12.8 Å². The second-order valence-electron chi connectivity index (χ2n) is 8.83. The molecule has 0 unspecified atom stereocenters. The van der Waals surface area contributed by atoms with Crippen molar-refractivity contribution in [2.24, 2.45) is 5.92 Å². The van der Waals surface area contributed by atoms with Gasteiger partial charge >= 0.3 is 12.2 Å². The van der Waals surface area contributed by atoms with Crippen LogP contribution in [0.25, 0.3) is 11.3 Å². The fraction of sp³-hybridized carbons (Fsp3) is 0.391. The molecule has 2 bridgehead atoms. The highest BCUT2D eigenvalue weighted by Crippen LogP contribution is 2.39. The molecule has 1 N–H and O–H groups in total. The van der Waals surface area contributed by atoms with E-state index in [1.165, 1.54) is 17.3 Å². The molecular formula is C23H22F3N7O3. The Morgan fingerprint density at radius 3 is 2.78 bits per heavy atom. The zero-order valence-corrected chi connectivity index (χ0v) is 19.4. The topological polar surface area (TPSA) is 117 Å². The quantitative estimate of drug-likeness (QED) is 0.516. The van der Waals surface area contributed by atoms with Crippen LogP contribution in [0.15, 0.2) is 35.1 Å². The molecular weight excluding hydrogens is 479 g/mol. The van der Waals surface area contributed by atoms with E-state index in [0.717, 1.165) is 6.92 Å². The predicted octanol–water partition coefficient (Wildman–Crippen LogP) is 4.24. The van der Waals surface area contributed by atoms with Gasteiger partial charge in [0.1, 0.15) is 5.82 Å². The Labute approximate surface area is 203 Å². The third kappa shape index (κ3) is 4.48. The van der Waals surface area contributed by atoms with Crippen molar-refractivity contribution in [2.45, 2.75) is 38.9 Å². The van der Waals surface area contributed by atoms with Gasteiger partial charge in [0, 0.05) is 38.2 Å². The van der Waals surface area contributed by atoms with Gasteiger partial charge in [-0.15, -0.1) is 0 Å². The average molecular weight is 501 g/mol. The number of rotatable bonds is 5. The summed E-state index contributed by atoms with van der Waals surface area (Å²) in [5.41, 5.74) is 1.21. The highest BCUT2D eigenvalue weighted by molar-refractivity contribution is 6.05.